The molecule has 0 saturated heterocycles. The van der Waals surface area contributed by atoms with Crippen molar-refractivity contribution in [1.82, 2.24) is 9.55 Å². The number of ether oxygens (including phenoxy) is 1. The summed E-state index contributed by atoms with van der Waals surface area (Å²) >= 11 is 0. The molecule has 0 radical (unpaired) electrons. The van der Waals surface area contributed by atoms with Crippen molar-refractivity contribution in [2.75, 3.05) is 7.11 Å². The quantitative estimate of drug-likeness (QED) is 0.541. The Morgan fingerprint density at radius 3 is 2.67 bits per heavy atom. The van der Waals surface area contributed by atoms with Gasteiger partial charge in [-0.15, -0.1) is 0 Å². The molecule has 5 heteroatoms. The lowest BCUT2D eigenvalue weighted by Gasteiger charge is -2.03. The zero-order valence-electron chi connectivity index (χ0n) is 13.0. The van der Waals surface area contributed by atoms with E-state index in [1.165, 1.54) is 0 Å². The number of imidazole rings is 1. The van der Waals surface area contributed by atoms with E-state index in [-0.39, 0.29) is 0 Å². The minimum Gasteiger partial charge on any atom is -0.497 e. The average molecular weight is 318 g/mol. The number of nitrogens with zero attached hydrogens (tertiary/aromatic N) is 2. The molecule has 0 atom stereocenters. The highest BCUT2D eigenvalue weighted by Crippen LogP contribution is 2.21. The van der Waals surface area contributed by atoms with Gasteiger partial charge >= 0.3 is 5.63 Å². The predicted molar refractivity (Wildman–Crippen MR) is 91.6 cm³/mol. The van der Waals surface area contributed by atoms with Gasteiger partial charge in [-0.2, -0.15) is 0 Å². The Balaban J connectivity index is 1.76. The summed E-state index contributed by atoms with van der Waals surface area (Å²) in [6.45, 7) is 0. The smallest absolute Gasteiger partial charge is 0.345 e. The van der Waals surface area contributed by atoms with Crippen LogP contribution in [0.25, 0.3) is 27.9 Å². The monoisotopic (exact) mass is 318 g/mol. The van der Waals surface area contributed by atoms with Crippen LogP contribution in [0, 0.1) is 0 Å². The van der Waals surface area contributed by atoms with Crippen LogP contribution in [0.4, 0.5) is 0 Å². The van der Waals surface area contributed by atoms with Crippen LogP contribution in [0.1, 0.15) is 0 Å². The fourth-order valence-electron chi connectivity index (χ4n) is 2.60. The summed E-state index contributed by atoms with van der Waals surface area (Å²) < 4.78 is 12.4. The van der Waals surface area contributed by atoms with Gasteiger partial charge in [-0.05, 0) is 36.4 Å². The zero-order chi connectivity index (χ0) is 16.5. The van der Waals surface area contributed by atoms with Gasteiger partial charge in [-0.3, -0.25) is 0 Å². The van der Waals surface area contributed by atoms with E-state index in [9.17, 15) is 4.79 Å². The van der Waals surface area contributed by atoms with Crippen LogP contribution in [-0.4, -0.2) is 16.7 Å². The van der Waals surface area contributed by atoms with Gasteiger partial charge in [0.2, 0.25) is 0 Å². The van der Waals surface area contributed by atoms with E-state index in [2.05, 4.69) is 4.98 Å². The second kappa shape index (κ2) is 5.70. The lowest BCUT2D eigenvalue weighted by molar-refractivity contribution is 0.415. The molecule has 0 bridgehead atoms. The van der Waals surface area contributed by atoms with Gasteiger partial charge in [0.25, 0.3) is 0 Å². The molecule has 0 amide bonds. The van der Waals surface area contributed by atoms with Gasteiger partial charge in [-0.25, -0.2) is 9.78 Å². The Hall–Kier alpha value is -3.34. The maximum atomic E-state index is 12.2. The van der Waals surface area contributed by atoms with Crippen molar-refractivity contribution >= 4 is 11.0 Å². The summed E-state index contributed by atoms with van der Waals surface area (Å²) in [4.78, 5) is 16.6. The number of para-hydroxylation sites is 1. The second-order valence-corrected chi connectivity index (χ2v) is 5.35. The Bertz CT molecular complexity index is 1060. The van der Waals surface area contributed by atoms with Gasteiger partial charge in [-0.1, -0.05) is 18.2 Å². The zero-order valence-corrected chi connectivity index (χ0v) is 13.0. The molecule has 0 unspecified atom stereocenters. The van der Waals surface area contributed by atoms with Crippen molar-refractivity contribution in [2.24, 2.45) is 0 Å². The maximum Gasteiger partial charge on any atom is 0.345 e. The minimum absolute atomic E-state index is 0.395. The molecule has 0 spiro atoms. The Morgan fingerprint density at radius 2 is 1.88 bits per heavy atom. The first-order valence-electron chi connectivity index (χ1n) is 7.46. The third kappa shape index (κ3) is 2.46. The van der Waals surface area contributed by atoms with Crippen LogP contribution in [0.15, 0.2) is 76.3 Å². The normalized spacial score (nSPS) is 10.9. The van der Waals surface area contributed by atoms with Crippen molar-refractivity contribution in [3.05, 3.63) is 77.5 Å². The maximum absolute atomic E-state index is 12.2. The summed E-state index contributed by atoms with van der Waals surface area (Å²) in [6, 6.07) is 16.8. The Kier molecular flexibility index (Phi) is 3.39. The molecule has 0 aliphatic heterocycles. The number of benzene rings is 2. The van der Waals surface area contributed by atoms with Gasteiger partial charge in [0, 0.05) is 17.3 Å². The summed E-state index contributed by atoms with van der Waals surface area (Å²) in [5.41, 5.74) is 2.13. The molecule has 0 aliphatic rings. The summed E-state index contributed by atoms with van der Waals surface area (Å²) in [6.07, 6.45) is 3.48. The van der Waals surface area contributed by atoms with Gasteiger partial charge in [0.05, 0.1) is 24.7 Å². The SMILES string of the molecule is COc1ccc(-n2cnc(-c3cc4ccccc4oc3=O)c2)cc1. The number of aromatic nitrogens is 2. The molecule has 118 valence electrons. The molecule has 4 rings (SSSR count). The van der Waals surface area contributed by atoms with Crippen molar-refractivity contribution in [2.45, 2.75) is 0 Å². The summed E-state index contributed by atoms with van der Waals surface area (Å²) in [5, 5.41) is 0.867. The van der Waals surface area contributed by atoms with Crippen LogP contribution in [-0.2, 0) is 0 Å². The van der Waals surface area contributed by atoms with Crippen LogP contribution in [0.3, 0.4) is 0 Å². The van der Waals surface area contributed by atoms with Crippen molar-refractivity contribution in [3.8, 4) is 22.7 Å². The molecular formula is C19H14N2O3. The van der Waals surface area contributed by atoms with E-state index in [0.29, 0.717) is 16.8 Å². The van der Waals surface area contributed by atoms with E-state index in [4.69, 9.17) is 9.15 Å². The average Bonchev–Trinajstić information content (AvgIpc) is 3.11. The van der Waals surface area contributed by atoms with E-state index < -0.39 is 5.63 Å². The third-order valence-corrected chi connectivity index (χ3v) is 3.87. The molecule has 24 heavy (non-hydrogen) atoms. The highest BCUT2D eigenvalue weighted by Gasteiger charge is 2.11. The molecule has 5 nitrogen and oxygen atoms in total. The Morgan fingerprint density at radius 1 is 1.08 bits per heavy atom. The molecule has 0 N–H and O–H groups in total. The number of hydrogen-bond donors (Lipinski definition) is 0. The number of fused-ring (bicyclic) bond motifs is 1. The first-order chi connectivity index (χ1) is 11.7. The van der Waals surface area contributed by atoms with Crippen LogP contribution in [0.2, 0.25) is 0 Å². The number of methoxy groups -OCH3 is 1. The van der Waals surface area contributed by atoms with Crippen molar-refractivity contribution in [3.63, 3.8) is 0 Å². The van der Waals surface area contributed by atoms with Crippen LogP contribution < -0.4 is 10.4 Å². The summed E-state index contributed by atoms with van der Waals surface area (Å²) in [5.74, 6) is 0.786. The lowest BCUT2D eigenvalue weighted by Crippen LogP contribution is -2.02. The molecule has 2 heterocycles. The van der Waals surface area contributed by atoms with E-state index >= 15 is 0 Å². The molecule has 2 aromatic heterocycles. The van der Waals surface area contributed by atoms with Crippen molar-refractivity contribution in [1.29, 1.82) is 0 Å². The predicted octanol–water partition coefficient (Wildman–Crippen LogP) is 3.65. The van der Waals surface area contributed by atoms with Gasteiger partial charge in [0.15, 0.2) is 0 Å². The fourth-order valence-corrected chi connectivity index (χ4v) is 2.60. The van der Waals surface area contributed by atoms with E-state index in [1.807, 2.05) is 59.3 Å². The third-order valence-electron chi connectivity index (χ3n) is 3.87. The molecular weight excluding hydrogens is 304 g/mol. The van der Waals surface area contributed by atoms with Crippen LogP contribution in [0.5, 0.6) is 5.75 Å². The lowest BCUT2D eigenvalue weighted by atomic mass is 10.1. The molecule has 0 fully saturated rings. The van der Waals surface area contributed by atoms with Gasteiger partial charge in [0.1, 0.15) is 11.3 Å². The molecule has 0 saturated carbocycles. The minimum atomic E-state index is -0.395. The van der Waals surface area contributed by atoms with Crippen LogP contribution >= 0.6 is 0 Å². The highest BCUT2D eigenvalue weighted by molar-refractivity contribution is 5.80. The largest absolute Gasteiger partial charge is 0.497 e. The van der Waals surface area contributed by atoms with E-state index in [0.717, 1.165) is 16.8 Å². The molecule has 0 aliphatic carbocycles. The highest BCUT2D eigenvalue weighted by atomic mass is 16.5. The number of hydrogen-bond acceptors (Lipinski definition) is 4. The molecule has 4 aromatic rings. The first kappa shape index (κ1) is 14.3. The van der Waals surface area contributed by atoms with E-state index in [1.54, 1.807) is 19.5 Å². The fraction of sp³-hybridized carbons (Fsp3) is 0.0526. The second-order valence-electron chi connectivity index (χ2n) is 5.35. The van der Waals surface area contributed by atoms with Crippen molar-refractivity contribution < 1.29 is 9.15 Å². The topological polar surface area (TPSA) is 57.3 Å². The summed E-state index contributed by atoms with van der Waals surface area (Å²) in [7, 11) is 1.63. The Labute approximate surface area is 137 Å². The number of rotatable bonds is 3. The first-order valence-corrected chi connectivity index (χ1v) is 7.46. The standard InChI is InChI=1S/C19H14N2O3/c1-23-15-8-6-14(7-9-15)21-11-17(20-12-21)16-10-13-4-2-3-5-18(13)24-19(16)22/h2-12H,1H3. The molecule has 2 aromatic carbocycles. The van der Waals surface area contributed by atoms with Gasteiger partial charge < -0.3 is 13.7 Å².